The summed E-state index contributed by atoms with van der Waals surface area (Å²) in [6.07, 6.45) is -0.564. The van der Waals surface area contributed by atoms with Crippen LogP contribution in [0.2, 0.25) is 5.02 Å². The van der Waals surface area contributed by atoms with Crippen molar-refractivity contribution >= 4 is 17.5 Å². The maximum atomic E-state index is 12.1. The van der Waals surface area contributed by atoms with Crippen molar-refractivity contribution in [2.75, 3.05) is 0 Å². The molecule has 0 aliphatic heterocycles. The highest BCUT2D eigenvalue weighted by Crippen LogP contribution is 2.21. The zero-order valence-electron chi connectivity index (χ0n) is 13.0. The van der Waals surface area contributed by atoms with Crippen LogP contribution in [0.25, 0.3) is 0 Å². The van der Waals surface area contributed by atoms with Crippen molar-refractivity contribution in [2.45, 2.75) is 33.4 Å². The van der Waals surface area contributed by atoms with Crippen LogP contribution in [0.4, 0.5) is 0 Å². The highest BCUT2D eigenvalue weighted by molar-refractivity contribution is 6.31. The topological polar surface area (TPSA) is 38.3 Å². The lowest BCUT2D eigenvalue weighted by Gasteiger charge is -2.15. The first-order valence-electron chi connectivity index (χ1n) is 7.22. The van der Waals surface area contributed by atoms with Crippen LogP contribution in [-0.2, 0) is 11.3 Å². The smallest absolute Gasteiger partial charge is 0.261 e. The summed E-state index contributed by atoms with van der Waals surface area (Å²) in [5.41, 5.74) is 3.17. The fourth-order valence-electron chi connectivity index (χ4n) is 2.10. The molecule has 0 spiro atoms. The van der Waals surface area contributed by atoms with Gasteiger partial charge in [0.2, 0.25) is 0 Å². The van der Waals surface area contributed by atoms with Gasteiger partial charge in [-0.15, -0.1) is 0 Å². The molecular weight excluding hydrogens is 298 g/mol. The highest BCUT2D eigenvalue weighted by atomic mass is 35.5. The fourth-order valence-corrected chi connectivity index (χ4v) is 2.22. The van der Waals surface area contributed by atoms with Gasteiger partial charge in [0.15, 0.2) is 6.10 Å². The molecule has 0 aliphatic carbocycles. The van der Waals surface area contributed by atoms with E-state index >= 15 is 0 Å². The molecule has 2 aromatic carbocycles. The summed E-state index contributed by atoms with van der Waals surface area (Å²) in [4.78, 5) is 12.1. The number of aryl methyl sites for hydroxylation is 2. The number of carbonyl (C=O) groups is 1. The first kappa shape index (κ1) is 16.4. The monoisotopic (exact) mass is 317 g/mol. The molecule has 2 aromatic rings. The molecule has 2 rings (SSSR count). The minimum Gasteiger partial charge on any atom is -0.481 e. The van der Waals surface area contributed by atoms with E-state index in [2.05, 4.69) is 5.32 Å². The molecule has 4 heteroatoms. The Kier molecular flexibility index (Phi) is 5.45. The van der Waals surface area contributed by atoms with Gasteiger partial charge >= 0.3 is 0 Å². The second kappa shape index (κ2) is 7.32. The van der Waals surface area contributed by atoms with E-state index in [1.807, 2.05) is 44.2 Å². The third-order valence-electron chi connectivity index (χ3n) is 3.36. The van der Waals surface area contributed by atoms with E-state index in [0.29, 0.717) is 17.3 Å². The number of rotatable bonds is 5. The van der Waals surface area contributed by atoms with Crippen molar-refractivity contribution in [2.24, 2.45) is 0 Å². The lowest BCUT2D eigenvalue weighted by atomic mass is 10.1. The summed E-state index contributed by atoms with van der Waals surface area (Å²) in [6, 6.07) is 13.4. The van der Waals surface area contributed by atoms with E-state index in [1.165, 1.54) is 5.56 Å². The van der Waals surface area contributed by atoms with Gasteiger partial charge in [-0.25, -0.2) is 0 Å². The molecule has 22 heavy (non-hydrogen) atoms. The number of hydrogen-bond acceptors (Lipinski definition) is 2. The normalized spacial score (nSPS) is 11.8. The standard InChI is InChI=1S/C18H20ClNO2/c1-12-5-4-6-15(9-12)11-20-18(21)14(3)22-16-7-8-17(19)13(2)10-16/h4-10,14H,11H2,1-3H3,(H,20,21)/t14-/m1/s1. The van der Waals surface area contributed by atoms with Crippen LogP contribution in [0.3, 0.4) is 0 Å². The minimum atomic E-state index is -0.564. The summed E-state index contributed by atoms with van der Waals surface area (Å²) in [6.45, 7) is 6.15. The Balaban J connectivity index is 1.90. The number of nitrogens with one attached hydrogen (secondary N) is 1. The van der Waals surface area contributed by atoms with Gasteiger partial charge in [-0.05, 0) is 50.1 Å². The number of benzene rings is 2. The second-order valence-corrected chi connectivity index (χ2v) is 5.79. The Morgan fingerprint density at radius 2 is 2.00 bits per heavy atom. The summed E-state index contributed by atoms with van der Waals surface area (Å²) in [5.74, 6) is 0.495. The van der Waals surface area contributed by atoms with Gasteiger partial charge in [0.05, 0.1) is 0 Å². The Labute approximate surface area is 136 Å². The van der Waals surface area contributed by atoms with Crippen LogP contribution in [0, 0.1) is 13.8 Å². The Hall–Kier alpha value is -2.00. The van der Waals surface area contributed by atoms with Gasteiger partial charge in [0, 0.05) is 11.6 Å². The molecule has 3 nitrogen and oxygen atoms in total. The van der Waals surface area contributed by atoms with Crippen molar-refractivity contribution in [1.82, 2.24) is 5.32 Å². The van der Waals surface area contributed by atoms with Crippen molar-refractivity contribution in [3.8, 4) is 5.75 Å². The molecule has 1 amide bonds. The third kappa shape index (κ3) is 4.50. The summed E-state index contributed by atoms with van der Waals surface area (Å²) in [5, 5.41) is 3.57. The SMILES string of the molecule is Cc1cccc(CNC(=O)[C@@H](C)Oc2ccc(Cl)c(C)c2)c1. The second-order valence-electron chi connectivity index (χ2n) is 5.38. The van der Waals surface area contributed by atoms with E-state index in [4.69, 9.17) is 16.3 Å². The van der Waals surface area contributed by atoms with Gasteiger partial charge < -0.3 is 10.1 Å². The Morgan fingerprint density at radius 1 is 1.23 bits per heavy atom. The molecule has 0 saturated carbocycles. The van der Waals surface area contributed by atoms with Gasteiger partial charge in [-0.3, -0.25) is 4.79 Å². The molecule has 0 fully saturated rings. The van der Waals surface area contributed by atoms with Crippen LogP contribution < -0.4 is 10.1 Å². The third-order valence-corrected chi connectivity index (χ3v) is 3.78. The zero-order valence-corrected chi connectivity index (χ0v) is 13.8. The lowest BCUT2D eigenvalue weighted by Crippen LogP contribution is -2.35. The van der Waals surface area contributed by atoms with Gasteiger partial charge in [-0.2, -0.15) is 0 Å². The van der Waals surface area contributed by atoms with Crippen LogP contribution in [0.5, 0.6) is 5.75 Å². The first-order chi connectivity index (χ1) is 10.5. The Morgan fingerprint density at radius 3 is 2.68 bits per heavy atom. The predicted octanol–water partition coefficient (Wildman–Crippen LogP) is 4.04. The quantitative estimate of drug-likeness (QED) is 0.903. The molecule has 1 atom stereocenters. The van der Waals surface area contributed by atoms with Crippen molar-refractivity contribution in [3.63, 3.8) is 0 Å². The molecule has 1 N–H and O–H groups in total. The summed E-state index contributed by atoms with van der Waals surface area (Å²) >= 11 is 5.98. The number of hydrogen-bond donors (Lipinski definition) is 1. The predicted molar refractivity (Wildman–Crippen MR) is 89.3 cm³/mol. The fraction of sp³-hybridized carbons (Fsp3) is 0.278. The number of amides is 1. The average molecular weight is 318 g/mol. The molecule has 0 aromatic heterocycles. The molecule has 0 radical (unpaired) electrons. The van der Waals surface area contributed by atoms with E-state index in [-0.39, 0.29) is 5.91 Å². The maximum Gasteiger partial charge on any atom is 0.261 e. The molecule has 116 valence electrons. The van der Waals surface area contributed by atoms with Crippen LogP contribution in [-0.4, -0.2) is 12.0 Å². The van der Waals surface area contributed by atoms with Crippen LogP contribution in [0.15, 0.2) is 42.5 Å². The van der Waals surface area contributed by atoms with Gasteiger partial charge in [-0.1, -0.05) is 41.4 Å². The average Bonchev–Trinajstić information content (AvgIpc) is 2.48. The van der Waals surface area contributed by atoms with Crippen molar-refractivity contribution < 1.29 is 9.53 Å². The van der Waals surface area contributed by atoms with E-state index in [1.54, 1.807) is 19.1 Å². The molecule has 0 unspecified atom stereocenters. The van der Waals surface area contributed by atoms with Crippen molar-refractivity contribution in [3.05, 3.63) is 64.2 Å². The first-order valence-corrected chi connectivity index (χ1v) is 7.59. The van der Waals surface area contributed by atoms with E-state index in [0.717, 1.165) is 11.1 Å². The molecule has 0 aliphatic rings. The Bertz CT molecular complexity index is 670. The molecule has 0 heterocycles. The number of carbonyl (C=O) groups excluding carboxylic acids is 1. The van der Waals surface area contributed by atoms with Crippen LogP contribution in [0.1, 0.15) is 23.6 Å². The van der Waals surface area contributed by atoms with E-state index < -0.39 is 6.10 Å². The van der Waals surface area contributed by atoms with E-state index in [9.17, 15) is 4.79 Å². The highest BCUT2D eigenvalue weighted by Gasteiger charge is 2.14. The zero-order chi connectivity index (χ0) is 16.1. The minimum absolute atomic E-state index is 0.144. The molecular formula is C18H20ClNO2. The van der Waals surface area contributed by atoms with Crippen LogP contribution >= 0.6 is 11.6 Å². The largest absolute Gasteiger partial charge is 0.481 e. The lowest BCUT2D eigenvalue weighted by molar-refractivity contribution is -0.127. The number of ether oxygens (including phenoxy) is 1. The van der Waals surface area contributed by atoms with Crippen molar-refractivity contribution in [1.29, 1.82) is 0 Å². The summed E-state index contributed by atoms with van der Waals surface area (Å²) < 4.78 is 5.65. The molecule has 0 bridgehead atoms. The number of halogens is 1. The van der Waals surface area contributed by atoms with Gasteiger partial charge in [0.25, 0.3) is 5.91 Å². The molecule has 0 saturated heterocycles. The maximum absolute atomic E-state index is 12.1. The van der Waals surface area contributed by atoms with Gasteiger partial charge in [0.1, 0.15) is 5.75 Å². The summed E-state index contributed by atoms with van der Waals surface area (Å²) in [7, 11) is 0.